The number of carbonyl (C=O) groups is 1. The Morgan fingerprint density at radius 3 is 2.37 bits per heavy atom. The Morgan fingerprint density at radius 2 is 1.81 bits per heavy atom. The number of ether oxygens (including phenoxy) is 2. The molecule has 0 unspecified atom stereocenters. The SMILES string of the molecule is CCOc1ccc(CN(C)S(=O)(=O)c2ccc(OC)c(NC(C)=O)c2)cc1. The number of methoxy groups -OCH3 is 1. The van der Waals surface area contributed by atoms with E-state index >= 15 is 0 Å². The molecule has 2 aromatic rings. The van der Waals surface area contributed by atoms with Crippen LogP contribution in [-0.4, -0.2) is 39.4 Å². The second-order valence-electron chi connectivity index (χ2n) is 5.88. The molecule has 0 fully saturated rings. The molecule has 7 nitrogen and oxygen atoms in total. The first-order valence-electron chi connectivity index (χ1n) is 8.41. The summed E-state index contributed by atoms with van der Waals surface area (Å²) in [6.07, 6.45) is 0. The van der Waals surface area contributed by atoms with Crippen molar-refractivity contribution in [1.29, 1.82) is 0 Å². The van der Waals surface area contributed by atoms with Crippen LogP contribution in [0.5, 0.6) is 11.5 Å². The summed E-state index contributed by atoms with van der Waals surface area (Å²) in [5.41, 5.74) is 1.14. The lowest BCUT2D eigenvalue weighted by molar-refractivity contribution is -0.114. The van der Waals surface area contributed by atoms with Crippen molar-refractivity contribution in [3.8, 4) is 11.5 Å². The van der Waals surface area contributed by atoms with Crippen LogP contribution in [-0.2, 0) is 21.4 Å². The van der Waals surface area contributed by atoms with Gasteiger partial charge in [-0.15, -0.1) is 0 Å². The average molecular weight is 392 g/mol. The predicted octanol–water partition coefficient (Wildman–Crippen LogP) is 2.87. The third-order valence-corrected chi connectivity index (χ3v) is 5.63. The molecule has 2 rings (SSSR count). The molecular formula is C19H24N2O5S. The first-order chi connectivity index (χ1) is 12.8. The van der Waals surface area contributed by atoms with Crippen LogP contribution in [0.4, 0.5) is 5.69 Å². The Hall–Kier alpha value is -2.58. The average Bonchev–Trinajstić information content (AvgIpc) is 2.63. The predicted molar refractivity (Wildman–Crippen MR) is 104 cm³/mol. The fraction of sp³-hybridized carbons (Fsp3) is 0.316. The van der Waals surface area contributed by atoms with Gasteiger partial charge in [0, 0.05) is 20.5 Å². The fourth-order valence-electron chi connectivity index (χ4n) is 2.51. The molecule has 0 heterocycles. The number of benzene rings is 2. The standard InChI is InChI=1S/C19H24N2O5S/c1-5-26-16-8-6-15(7-9-16)13-21(3)27(23,24)17-10-11-19(25-4)18(12-17)20-14(2)22/h6-12H,5,13H2,1-4H3,(H,20,22). The molecule has 0 aliphatic heterocycles. The number of hydrogen-bond acceptors (Lipinski definition) is 5. The van der Waals surface area contributed by atoms with Crippen molar-refractivity contribution in [2.45, 2.75) is 25.3 Å². The minimum absolute atomic E-state index is 0.0699. The van der Waals surface area contributed by atoms with E-state index < -0.39 is 10.0 Å². The molecule has 0 radical (unpaired) electrons. The molecule has 8 heteroatoms. The van der Waals surface area contributed by atoms with Crippen LogP contribution >= 0.6 is 0 Å². The number of anilines is 1. The summed E-state index contributed by atoms with van der Waals surface area (Å²) in [4.78, 5) is 11.4. The van der Waals surface area contributed by atoms with E-state index in [1.807, 2.05) is 31.2 Å². The largest absolute Gasteiger partial charge is 0.495 e. The number of nitrogens with one attached hydrogen (secondary N) is 1. The Labute approximate surface area is 160 Å². The van der Waals surface area contributed by atoms with Gasteiger partial charge in [0.1, 0.15) is 11.5 Å². The lowest BCUT2D eigenvalue weighted by atomic mass is 10.2. The minimum Gasteiger partial charge on any atom is -0.495 e. The molecule has 0 bridgehead atoms. The first-order valence-corrected chi connectivity index (χ1v) is 9.85. The van der Waals surface area contributed by atoms with E-state index in [-0.39, 0.29) is 17.3 Å². The molecule has 146 valence electrons. The summed E-state index contributed by atoms with van der Waals surface area (Å²) in [6.45, 7) is 4.02. The maximum atomic E-state index is 12.9. The molecule has 2 aromatic carbocycles. The zero-order valence-electron chi connectivity index (χ0n) is 15.9. The summed E-state index contributed by atoms with van der Waals surface area (Å²) in [5, 5.41) is 2.58. The maximum Gasteiger partial charge on any atom is 0.243 e. The number of amides is 1. The zero-order valence-corrected chi connectivity index (χ0v) is 16.7. The lowest BCUT2D eigenvalue weighted by Crippen LogP contribution is -2.26. The van der Waals surface area contributed by atoms with E-state index in [0.717, 1.165) is 11.3 Å². The topological polar surface area (TPSA) is 84.9 Å². The highest BCUT2D eigenvalue weighted by atomic mass is 32.2. The van der Waals surface area contributed by atoms with E-state index in [1.165, 1.54) is 43.6 Å². The molecule has 0 aliphatic carbocycles. The van der Waals surface area contributed by atoms with Crippen molar-refractivity contribution >= 4 is 21.6 Å². The van der Waals surface area contributed by atoms with Crippen molar-refractivity contribution in [3.05, 3.63) is 48.0 Å². The molecule has 0 spiro atoms. The zero-order chi connectivity index (χ0) is 20.0. The summed E-state index contributed by atoms with van der Waals surface area (Å²) < 4.78 is 37.6. The normalized spacial score (nSPS) is 11.3. The third kappa shape index (κ3) is 5.21. The fourth-order valence-corrected chi connectivity index (χ4v) is 3.70. The van der Waals surface area contributed by atoms with Gasteiger partial charge in [0.15, 0.2) is 0 Å². The van der Waals surface area contributed by atoms with Gasteiger partial charge in [-0.05, 0) is 42.8 Å². The summed E-state index contributed by atoms with van der Waals surface area (Å²) in [6, 6.07) is 11.6. The van der Waals surface area contributed by atoms with Crippen LogP contribution in [0.25, 0.3) is 0 Å². The van der Waals surface area contributed by atoms with Crippen LogP contribution in [0.2, 0.25) is 0 Å². The molecule has 0 aromatic heterocycles. The van der Waals surface area contributed by atoms with E-state index in [9.17, 15) is 13.2 Å². The lowest BCUT2D eigenvalue weighted by Gasteiger charge is -2.19. The van der Waals surface area contributed by atoms with Gasteiger partial charge in [-0.3, -0.25) is 4.79 Å². The van der Waals surface area contributed by atoms with Crippen molar-refractivity contribution in [2.24, 2.45) is 0 Å². The smallest absolute Gasteiger partial charge is 0.243 e. The van der Waals surface area contributed by atoms with Gasteiger partial charge in [-0.25, -0.2) is 8.42 Å². The van der Waals surface area contributed by atoms with Crippen LogP contribution in [0.1, 0.15) is 19.4 Å². The summed E-state index contributed by atoms with van der Waals surface area (Å²) in [7, 11) is -0.786. The van der Waals surface area contributed by atoms with E-state index in [2.05, 4.69) is 5.32 Å². The quantitative estimate of drug-likeness (QED) is 0.747. The highest BCUT2D eigenvalue weighted by molar-refractivity contribution is 7.89. The Balaban J connectivity index is 2.24. The summed E-state index contributed by atoms with van der Waals surface area (Å²) in [5.74, 6) is 0.811. The highest BCUT2D eigenvalue weighted by Gasteiger charge is 2.22. The number of hydrogen-bond donors (Lipinski definition) is 1. The summed E-state index contributed by atoms with van der Waals surface area (Å²) >= 11 is 0. The van der Waals surface area contributed by atoms with Gasteiger partial charge in [0.05, 0.1) is 24.3 Å². The number of rotatable bonds is 8. The Bertz CT molecular complexity index is 895. The second kappa shape index (κ2) is 8.88. The van der Waals surface area contributed by atoms with Crippen LogP contribution in [0.15, 0.2) is 47.4 Å². The first kappa shape index (κ1) is 20.7. The van der Waals surface area contributed by atoms with Gasteiger partial charge < -0.3 is 14.8 Å². The Morgan fingerprint density at radius 1 is 1.15 bits per heavy atom. The number of nitrogens with zero attached hydrogens (tertiary/aromatic N) is 1. The monoisotopic (exact) mass is 392 g/mol. The van der Waals surface area contributed by atoms with Gasteiger partial charge in [0.25, 0.3) is 0 Å². The minimum atomic E-state index is -3.75. The van der Waals surface area contributed by atoms with Crippen molar-refractivity contribution in [2.75, 3.05) is 26.1 Å². The molecular weight excluding hydrogens is 368 g/mol. The van der Waals surface area contributed by atoms with Gasteiger partial charge >= 0.3 is 0 Å². The second-order valence-corrected chi connectivity index (χ2v) is 7.93. The van der Waals surface area contributed by atoms with Crippen molar-refractivity contribution in [3.63, 3.8) is 0 Å². The third-order valence-electron chi connectivity index (χ3n) is 3.83. The van der Waals surface area contributed by atoms with Gasteiger partial charge in [-0.1, -0.05) is 12.1 Å². The van der Waals surface area contributed by atoms with E-state index in [4.69, 9.17) is 9.47 Å². The van der Waals surface area contributed by atoms with Crippen molar-refractivity contribution in [1.82, 2.24) is 4.31 Å². The maximum absolute atomic E-state index is 12.9. The molecule has 0 aliphatic rings. The molecule has 0 saturated carbocycles. The van der Waals surface area contributed by atoms with E-state index in [1.54, 1.807) is 0 Å². The van der Waals surface area contributed by atoms with E-state index in [0.29, 0.717) is 18.0 Å². The van der Waals surface area contributed by atoms with Gasteiger partial charge in [0.2, 0.25) is 15.9 Å². The molecule has 0 atom stereocenters. The molecule has 27 heavy (non-hydrogen) atoms. The van der Waals surface area contributed by atoms with Crippen LogP contribution in [0.3, 0.4) is 0 Å². The van der Waals surface area contributed by atoms with Crippen LogP contribution in [0, 0.1) is 0 Å². The number of carbonyl (C=O) groups excluding carboxylic acids is 1. The number of sulfonamides is 1. The van der Waals surface area contributed by atoms with Crippen molar-refractivity contribution < 1.29 is 22.7 Å². The Kier molecular flexibility index (Phi) is 6.81. The van der Waals surface area contributed by atoms with Crippen LogP contribution < -0.4 is 14.8 Å². The molecule has 1 amide bonds. The molecule has 1 N–H and O–H groups in total. The highest BCUT2D eigenvalue weighted by Crippen LogP contribution is 2.29. The van der Waals surface area contributed by atoms with Gasteiger partial charge in [-0.2, -0.15) is 4.31 Å². The molecule has 0 saturated heterocycles.